The number of hydrogen-bond donors (Lipinski definition) is 3. The van der Waals surface area contributed by atoms with Crippen molar-refractivity contribution in [3.63, 3.8) is 0 Å². The molecular formula is C18H22N2O6. The fourth-order valence-corrected chi connectivity index (χ4v) is 2.74. The molecule has 0 bridgehead atoms. The Labute approximate surface area is 150 Å². The van der Waals surface area contributed by atoms with Crippen molar-refractivity contribution in [2.75, 3.05) is 13.7 Å². The Bertz CT molecular complexity index is 862. The number of esters is 1. The van der Waals surface area contributed by atoms with Gasteiger partial charge >= 0.3 is 12.1 Å². The van der Waals surface area contributed by atoms with Crippen molar-refractivity contribution < 1.29 is 29.3 Å². The molecule has 0 saturated heterocycles. The molecule has 0 aliphatic carbocycles. The Hall–Kier alpha value is -2.87. The van der Waals surface area contributed by atoms with Crippen molar-refractivity contribution >= 4 is 28.9 Å². The molecule has 1 aromatic heterocycles. The molecule has 0 saturated carbocycles. The van der Waals surface area contributed by atoms with Crippen LogP contribution in [0.15, 0.2) is 24.3 Å². The first-order chi connectivity index (χ1) is 12.1. The number of hydrogen-bond acceptors (Lipinski definition) is 5. The number of aliphatic hydroxyl groups excluding tert-OH is 1. The second-order valence-corrected chi connectivity index (χ2v) is 6.87. The van der Waals surface area contributed by atoms with Gasteiger partial charge in [0, 0.05) is 22.1 Å². The second kappa shape index (κ2) is 7.17. The molecule has 0 unspecified atom stereocenters. The Kier molecular flexibility index (Phi) is 5.36. The topological polar surface area (TPSA) is 118 Å². The molecule has 2 rings (SSSR count). The van der Waals surface area contributed by atoms with Gasteiger partial charge in [0.15, 0.2) is 6.04 Å². The monoisotopic (exact) mass is 362 g/mol. The minimum atomic E-state index is -1.20. The van der Waals surface area contributed by atoms with Crippen molar-refractivity contribution in [3.8, 4) is 0 Å². The van der Waals surface area contributed by atoms with Crippen LogP contribution in [-0.4, -0.2) is 52.5 Å². The van der Waals surface area contributed by atoms with E-state index in [1.54, 1.807) is 18.2 Å². The third-order valence-electron chi connectivity index (χ3n) is 4.02. The predicted molar refractivity (Wildman–Crippen MR) is 94.4 cm³/mol. The van der Waals surface area contributed by atoms with Gasteiger partial charge in [-0.25, -0.2) is 14.2 Å². The fraction of sp³-hybridized carbons (Fsp3) is 0.389. The smallest absolute Gasteiger partial charge is 0.416 e. The van der Waals surface area contributed by atoms with Crippen LogP contribution in [0.5, 0.6) is 0 Å². The van der Waals surface area contributed by atoms with Crippen molar-refractivity contribution in [1.82, 2.24) is 9.88 Å². The van der Waals surface area contributed by atoms with Crippen LogP contribution in [0.3, 0.4) is 0 Å². The van der Waals surface area contributed by atoms with Gasteiger partial charge in [0.05, 0.1) is 19.2 Å². The first-order valence-corrected chi connectivity index (χ1v) is 7.99. The molecule has 3 N–H and O–H groups in total. The average Bonchev–Trinajstić information content (AvgIpc) is 2.98. The Balaban J connectivity index is 2.57. The molecule has 1 amide bonds. The maximum atomic E-state index is 12.6. The van der Waals surface area contributed by atoms with Gasteiger partial charge in [-0.2, -0.15) is 0 Å². The first kappa shape index (κ1) is 19.5. The minimum Gasteiger partial charge on any atom is -0.467 e. The Morgan fingerprint density at radius 1 is 1.27 bits per heavy atom. The largest absolute Gasteiger partial charge is 0.467 e. The number of fused-ring (bicyclic) bond motifs is 1. The van der Waals surface area contributed by atoms with E-state index in [1.165, 1.54) is 6.07 Å². The van der Waals surface area contributed by atoms with Gasteiger partial charge in [0.25, 0.3) is 5.91 Å². The zero-order chi connectivity index (χ0) is 19.6. The normalized spacial score (nSPS) is 12.7. The van der Waals surface area contributed by atoms with Crippen LogP contribution >= 0.6 is 0 Å². The van der Waals surface area contributed by atoms with Crippen LogP contribution < -0.4 is 5.32 Å². The zero-order valence-corrected chi connectivity index (χ0v) is 15.1. The van der Waals surface area contributed by atoms with Crippen molar-refractivity contribution in [3.05, 3.63) is 35.5 Å². The molecule has 0 spiro atoms. The van der Waals surface area contributed by atoms with Crippen LogP contribution in [0.4, 0.5) is 4.79 Å². The molecule has 26 heavy (non-hydrogen) atoms. The number of carbonyl (C=O) groups excluding carboxylic acids is 2. The molecular weight excluding hydrogens is 340 g/mol. The number of rotatable bonds is 4. The average molecular weight is 362 g/mol. The Morgan fingerprint density at radius 2 is 1.92 bits per heavy atom. The summed E-state index contributed by atoms with van der Waals surface area (Å²) in [6.07, 6.45) is -1.15. The van der Waals surface area contributed by atoms with E-state index in [0.717, 1.165) is 11.7 Å². The molecule has 8 heteroatoms. The molecule has 1 aromatic carbocycles. The van der Waals surface area contributed by atoms with E-state index in [1.807, 2.05) is 20.8 Å². The number of benzene rings is 1. The SMILES string of the molecule is COC(=O)[C@H](CO)NC(=O)c1cccc2c1cc(C(C)(C)C)n2C(=O)O. The summed E-state index contributed by atoms with van der Waals surface area (Å²) >= 11 is 0. The lowest BCUT2D eigenvalue weighted by Gasteiger charge is -2.19. The first-order valence-electron chi connectivity index (χ1n) is 7.99. The maximum Gasteiger partial charge on any atom is 0.416 e. The van der Waals surface area contributed by atoms with Gasteiger partial charge in [-0.05, 0) is 18.2 Å². The standard InChI is InChI=1S/C18H22N2O6/c1-18(2,3)14-8-11-10(6-5-7-13(11)20(14)17(24)25)15(22)19-12(9-21)16(23)26-4/h5-8,12,21H,9H2,1-4H3,(H,19,22)(H,24,25)/t12-/m0/s1. The highest BCUT2D eigenvalue weighted by Gasteiger charge is 2.27. The highest BCUT2D eigenvalue weighted by Crippen LogP contribution is 2.31. The number of aliphatic hydroxyl groups is 1. The van der Waals surface area contributed by atoms with Gasteiger partial charge in [-0.15, -0.1) is 0 Å². The van der Waals surface area contributed by atoms with Crippen LogP contribution in [0.1, 0.15) is 36.8 Å². The lowest BCUT2D eigenvalue weighted by molar-refractivity contribution is -0.143. The molecule has 1 atom stereocenters. The van der Waals surface area contributed by atoms with Gasteiger partial charge in [-0.1, -0.05) is 26.8 Å². The van der Waals surface area contributed by atoms with Crippen LogP contribution in [0.25, 0.3) is 10.9 Å². The van der Waals surface area contributed by atoms with Crippen LogP contribution in [0.2, 0.25) is 0 Å². The molecule has 8 nitrogen and oxygen atoms in total. The summed E-state index contributed by atoms with van der Waals surface area (Å²) in [5.74, 6) is -1.38. The molecule has 0 aliphatic rings. The van der Waals surface area contributed by atoms with Gasteiger partial charge in [-0.3, -0.25) is 4.79 Å². The number of carboxylic acid groups (broad SMARTS) is 1. The predicted octanol–water partition coefficient (Wildman–Crippen LogP) is 1.73. The lowest BCUT2D eigenvalue weighted by atomic mass is 9.92. The van der Waals surface area contributed by atoms with Gasteiger partial charge in [0.1, 0.15) is 0 Å². The highest BCUT2D eigenvalue weighted by atomic mass is 16.5. The van der Waals surface area contributed by atoms with Crippen LogP contribution in [0, 0.1) is 0 Å². The zero-order valence-electron chi connectivity index (χ0n) is 15.1. The number of carbonyl (C=O) groups is 3. The summed E-state index contributed by atoms with van der Waals surface area (Å²) in [7, 11) is 1.15. The molecule has 1 heterocycles. The minimum absolute atomic E-state index is 0.204. The quantitative estimate of drug-likeness (QED) is 0.713. The summed E-state index contributed by atoms with van der Waals surface area (Å²) in [6.45, 7) is 5.01. The fourth-order valence-electron chi connectivity index (χ4n) is 2.74. The van der Waals surface area contributed by atoms with Crippen molar-refractivity contribution in [1.29, 1.82) is 0 Å². The van der Waals surface area contributed by atoms with Crippen molar-refractivity contribution in [2.45, 2.75) is 32.2 Å². The number of amides is 1. The van der Waals surface area contributed by atoms with E-state index < -0.39 is 36.0 Å². The molecule has 2 aromatic rings. The third-order valence-corrected chi connectivity index (χ3v) is 4.02. The summed E-state index contributed by atoms with van der Waals surface area (Å²) in [5, 5.41) is 21.7. The van der Waals surface area contributed by atoms with Crippen LogP contribution in [-0.2, 0) is 14.9 Å². The van der Waals surface area contributed by atoms with E-state index in [-0.39, 0.29) is 5.56 Å². The molecule has 0 radical (unpaired) electrons. The van der Waals surface area contributed by atoms with E-state index in [0.29, 0.717) is 16.6 Å². The summed E-state index contributed by atoms with van der Waals surface area (Å²) in [4.78, 5) is 35.9. The molecule has 0 fully saturated rings. The van der Waals surface area contributed by atoms with Gasteiger partial charge < -0.3 is 20.3 Å². The number of nitrogens with one attached hydrogen (secondary N) is 1. The summed E-state index contributed by atoms with van der Waals surface area (Å²) < 4.78 is 5.68. The summed E-state index contributed by atoms with van der Waals surface area (Å²) in [5.41, 5.74) is 0.640. The highest BCUT2D eigenvalue weighted by molar-refractivity contribution is 6.09. The van der Waals surface area contributed by atoms with E-state index >= 15 is 0 Å². The number of methoxy groups -OCH3 is 1. The van der Waals surface area contributed by atoms with E-state index in [4.69, 9.17) is 0 Å². The maximum absolute atomic E-state index is 12.6. The Morgan fingerprint density at radius 3 is 2.42 bits per heavy atom. The van der Waals surface area contributed by atoms with Gasteiger partial charge in [0.2, 0.25) is 0 Å². The number of aromatic nitrogens is 1. The van der Waals surface area contributed by atoms with E-state index in [2.05, 4.69) is 10.1 Å². The second-order valence-electron chi connectivity index (χ2n) is 6.87. The molecule has 0 aliphatic heterocycles. The third kappa shape index (κ3) is 3.55. The van der Waals surface area contributed by atoms with Crippen molar-refractivity contribution in [2.24, 2.45) is 0 Å². The number of ether oxygens (including phenoxy) is 1. The molecule has 140 valence electrons. The lowest BCUT2D eigenvalue weighted by Crippen LogP contribution is -2.44. The summed E-state index contributed by atoms with van der Waals surface area (Å²) in [6, 6.07) is 5.16. The van der Waals surface area contributed by atoms with E-state index in [9.17, 15) is 24.6 Å². The number of nitrogens with zero attached hydrogens (tertiary/aromatic N) is 1.